The monoisotopic (exact) mass is 628 g/mol. The number of hydrogen-bond donors (Lipinski definition) is 0. The minimum absolute atomic E-state index is 1.10. The van der Waals surface area contributed by atoms with Gasteiger partial charge in [0.1, 0.15) is 0 Å². The van der Waals surface area contributed by atoms with Crippen molar-refractivity contribution in [2.45, 2.75) is 67.2 Å². The molecule has 48 heavy (non-hydrogen) atoms. The van der Waals surface area contributed by atoms with E-state index >= 15 is 0 Å². The normalized spacial score (nSPS) is 11.0. The maximum atomic E-state index is 2.36. The molecule has 0 heterocycles. The van der Waals surface area contributed by atoms with Gasteiger partial charge < -0.3 is 9.80 Å². The standard InChI is InChI=1S/C46H48N2/c1-7-9-37-13-23-41(24-14-37)47(45-21-11-33(3)35(5)31-45)43-27-17-39(18-28-43)40-19-29-44(30-20-40)48(46-22-12-34(4)36(6)32-46)42-25-15-38(10-8-2)16-26-42/h11-32H,7-10H2,1-6H3. The smallest absolute Gasteiger partial charge is 0.0464 e. The van der Waals surface area contributed by atoms with Gasteiger partial charge in [-0.15, -0.1) is 0 Å². The molecule has 0 amide bonds. The first-order chi connectivity index (χ1) is 23.3. The summed E-state index contributed by atoms with van der Waals surface area (Å²) < 4.78 is 0. The fraction of sp³-hybridized carbons (Fsp3) is 0.217. The summed E-state index contributed by atoms with van der Waals surface area (Å²) in [6.45, 7) is 13.2. The lowest BCUT2D eigenvalue weighted by molar-refractivity contribution is 0.922. The third-order valence-electron chi connectivity index (χ3n) is 9.55. The van der Waals surface area contributed by atoms with Crippen molar-refractivity contribution in [2.24, 2.45) is 0 Å². The molecule has 242 valence electrons. The molecule has 6 aromatic rings. The van der Waals surface area contributed by atoms with Gasteiger partial charge >= 0.3 is 0 Å². The van der Waals surface area contributed by atoms with Gasteiger partial charge in [0.05, 0.1) is 0 Å². The fourth-order valence-electron chi connectivity index (χ4n) is 6.43. The zero-order chi connectivity index (χ0) is 33.6. The highest BCUT2D eigenvalue weighted by Gasteiger charge is 2.16. The van der Waals surface area contributed by atoms with Crippen molar-refractivity contribution in [1.82, 2.24) is 0 Å². The molecule has 0 saturated heterocycles. The number of nitrogens with zero attached hydrogens (tertiary/aromatic N) is 2. The Morgan fingerprint density at radius 2 is 0.625 bits per heavy atom. The molecule has 6 aromatic carbocycles. The van der Waals surface area contributed by atoms with Crippen LogP contribution < -0.4 is 9.80 Å². The van der Waals surface area contributed by atoms with E-state index in [9.17, 15) is 0 Å². The van der Waals surface area contributed by atoms with Gasteiger partial charge in [0.15, 0.2) is 0 Å². The molecule has 0 fully saturated rings. The highest BCUT2D eigenvalue weighted by atomic mass is 15.1. The van der Waals surface area contributed by atoms with Gasteiger partial charge in [-0.25, -0.2) is 0 Å². The Morgan fingerprint density at radius 3 is 0.917 bits per heavy atom. The highest BCUT2D eigenvalue weighted by molar-refractivity contribution is 5.81. The predicted molar refractivity (Wildman–Crippen MR) is 208 cm³/mol. The first kappa shape index (κ1) is 32.8. The van der Waals surface area contributed by atoms with Crippen LogP contribution >= 0.6 is 0 Å². The number of hydrogen-bond acceptors (Lipinski definition) is 2. The summed E-state index contributed by atoms with van der Waals surface area (Å²) in [5.74, 6) is 0. The average molecular weight is 629 g/mol. The van der Waals surface area contributed by atoms with E-state index in [0.717, 1.165) is 37.1 Å². The summed E-state index contributed by atoms with van der Waals surface area (Å²) in [6, 6.07) is 49.6. The lowest BCUT2D eigenvalue weighted by Crippen LogP contribution is -2.10. The average Bonchev–Trinajstić information content (AvgIpc) is 3.10. The second kappa shape index (κ2) is 14.8. The number of aryl methyl sites for hydroxylation is 6. The fourth-order valence-corrected chi connectivity index (χ4v) is 6.43. The van der Waals surface area contributed by atoms with Crippen LogP contribution in [0.5, 0.6) is 0 Å². The topological polar surface area (TPSA) is 6.48 Å². The number of benzene rings is 6. The molecule has 0 bridgehead atoms. The molecule has 0 N–H and O–H groups in total. The van der Waals surface area contributed by atoms with Crippen LogP contribution in [0.3, 0.4) is 0 Å². The van der Waals surface area contributed by atoms with E-state index in [4.69, 9.17) is 0 Å². The molecule has 6 rings (SSSR count). The molecule has 0 aromatic heterocycles. The van der Waals surface area contributed by atoms with Crippen LogP contribution in [0, 0.1) is 27.7 Å². The number of rotatable bonds is 11. The molecule has 0 aliphatic carbocycles. The van der Waals surface area contributed by atoms with Crippen molar-refractivity contribution in [2.75, 3.05) is 9.80 Å². The third kappa shape index (κ3) is 7.24. The number of anilines is 6. The Bertz CT molecular complexity index is 1800. The maximum Gasteiger partial charge on any atom is 0.0464 e. The SMILES string of the molecule is CCCc1ccc(N(c2ccc(-c3ccc(N(c4ccc(CCC)cc4)c4ccc(C)c(C)c4)cc3)cc2)c2ccc(C)c(C)c2)cc1. The van der Waals surface area contributed by atoms with Gasteiger partial charge in [-0.3, -0.25) is 0 Å². The van der Waals surface area contributed by atoms with E-state index in [-0.39, 0.29) is 0 Å². The minimum atomic E-state index is 1.10. The van der Waals surface area contributed by atoms with Gasteiger partial charge in [-0.2, -0.15) is 0 Å². The van der Waals surface area contributed by atoms with Crippen molar-refractivity contribution in [3.8, 4) is 11.1 Å². The van der Waals surface area contributed by atoms with Crippen LogP contribution in [-0.4, -0.2) is 0 Å². The Hall–Kier alpha value is -5.08. The predicted octanol–water partition coefficient (Wildman–Crippen LogP) is 13.4. The van der Waals surface area contributed by atoms with E-state index in [1.54, 1.807) is 0 Å². The largest absolute Gasteiger partial charge is 0.310 e. The highest BCUT2D eigenvalue weighted by Crippen LogP contribution is 2.39. The lowest BCUT2D eigenvalue weighted by Gasteiger charge is -2.27. The van der Waals surface area contributed by atoms with Gasteiger partial charge in [-0.05, 0) is 158 Å². The van der Waals surface area contributed by atoms with Crippen LogP contribution in [0.1, 0.15) is 60.1 Å². The van der Waals surface area contributed by atoms with E-state index in [1.165, 1.54) is 67.3 Å². The quantitative estimate of drug-likeness (QED) is 0.141. The molecule has 2 nitrogen and oxygen atoms in total. The molecular formula is C46H48N2. The van der Waals surface area contributed by atoms with Gasteiger partial charge in [0.25, 0.3) is 0 Å². The summed E-state index contributed by atoms with van der Waals surface area (Å²) in [4.78, 5) is 4.73. The maximum absolute atomic E-state index is 2.36. The first-order valence-corrected chi connectivity index (χ1v) is 17.5. The Kier molecular flexibility index (Phi) is 10.1. The molecule has 0 saturated carbocycles. The molecule has 0 aliphatic heterocycles. The molecule has 0 aliphatic rings. The molecular weight excluding hydrogens is 581 g/mol. The second-order valence-electron chi connectivity index (χ2n) is 13.1. The van der Waals surface area contributed by atoms with Crippen molar-refractivity contribution >= 4 is 34.1 Å². The van der Waals surface area contributed by atoms with Crippen LogP contribution in [0.15, 0.2) is 133 Å². The molecule has 0 radical (unpaired) electrons. The van der Waals surface area contributed by atoms with Crippen LogP contribution in [0.4, 0.5) is 34.1 Å². The molecule has 2 heteroatoms. The van der Waals surface area contributed by atoms with Crippen molar-refractivity contribution in [3.63, 3.8) is 0 Å². The summed E-state index contributed by atoms with van der Waals surface area (Å²) in [5.41, 5.74) is 17.3. The zero-order valence-corrected chi connectivity index (χ0v) is 29.4. The van der Waals surface area contributed by atoms with Crippen LogP contribution in [0.25, 0.3) is 11.1 Å². The van der Waals surface area contributed by atoms with Gasteiger partial charge in [0, 0.05) is 34.1 Å². The Balaban J connectivity index is 1.32. The second-order valence-corrected chi connectivity index (χ2v) is 13.1. The third-order valence-corrected chi connectivity index (χ3v) is 9.55. The van der Waals surface area contributed by atoms with E-state index < -0.39 is 0 Å². The summed E-state index contributed by atoms with van der Waals surface area (Å²) >= 11 is 0. The Morgan fingerprint density at radius 1 is 0.333 bits per heavy atom. The van der Waals surface area contributed by atoms with Crippen molar-refractivity contribution in [1.29, 1.82) is 0 Å². The van der Waals surface area contributed by atoms with E-state index in [2.05, 4.69) is 185 Å². The summed E-state index contributed by atoms with van der Waals surface area (Å²) in [5, 5.41) is 0. The van der Waals surface area contributed by atoms with E-state index in [1.807, 2.05) is 0 Å². The lowest BCUT2D eigenvalue weighted by atomic mass is 10.0. The van der Waals surface area contributed by atoms with Crippen LogP contribution in [0.2, 0.25) is 0 Å². The van der Waals surface area contributed by atoms with Crippen molar-refractivity contribution < 1.29 is 0 Å². The zero-order valence-electron chi connectivity index (χ0n) is 29.4. The Labute approximate surface area is 288 Å². The molecule has 0 spiro atoms. The summed E-state index contributed by atoms with van der Waals surface area (Å²) in [6.07, 6.45) is 4.51. The summed E-state index contributed by atoms with van der Waals surface area (Å²) in [7, 11) is 0. The van der Waals surface area contributed by atoms with Crippen molar-refractivity contribution in [3.05, 3.63) is 167 Å². The minimum Gasteiger partial charge on any atom is -0.310 e. The first-order valence-electron chi connectivity index (χ1n) is 17.5. The molecule has 0 atom stereocenters. The van der Waals surface area contributed by atoms with Crippen LogP contribution in [-0.2, 0) is 12.8 Å². The van der Waals surface area contributed by atoms with Gasteiger partial charge in [-0.1, -0.05) is 87.4 Å². The van der Waals surface area contributed by atoms with Gasteiger partial charge in [0.2, 0.25) is 0 Å². The molecule has 0 unspecified atom stereocenters. The van der Waals surface area contributed by atoms with E-state index in [0.29, 0.717) is 0 Å².